The van der Waals surface area contributed by atoms with Gasteiger partial charge in [-0.25, -0.2) is 8.78 Å². The van der Waals surface area contributed by atoms with Crippen molar-refractivity contribution in [3.63, 3.8) is 0 Å². The highest BCUT2D eigenvalue weighted by Crippen LogP contribution is 2.26. The van der Waals surface area contributed by atoms with Crippen LogP contribution < -0.4 is 5.73 Å². The third-order valence-electron chi connectivity index (χ3n) is 2.59. The molecule has 0 heterocycles. The summed E-state index contributed by atoms with van der Waals surface area (Å²) in [6.07, 6.45) is 0.801. The number of hydrogen-bond acceptors (Lipinski definition) is 1. The fraction of sp³-hybridized carbons (Fsp3) is 0.455. The molecule has 0 saturated heterocycles. The predicted octanol–water partition coefficient (Wildman–Crippen LogP) is 3.01. The molecular weight excluding hydrogens is 184 g/mol. The van der Waals surface area contributed by atoms with Crippen LogP contribution in [0.15, 0.2) is 18.2 Å². The molecule has 2 atom stereocenters. The van der Waals surface area contributed by atoms with Crippen molar-refractivity contribution in [1.82, 2.24) is 0 Å². The Balaban J connectivity index is 3.05. The van der Waals surface area contributed by atoms with Crippen molar-refractivity contribution in [1.29, 1.82) is 0 Å². The Labute approximate surface area is 82.9 Å². The van der Waals surface area contributed by atoms with E-state index in [0.717, 1.165) is 6.42 Å². The molecule has 0 radical (unpaired) electrons. The smallest absolute Gasteiger partial charge is 0.130 e. The second-order valence-electron chi connectivity index (χ2n) is 3.55. The van der Waals surface area contributed by atoms with Crippen LogP contribution in [0, 0.1) is 17.6 Å². The highest BCUT2D eigenvalue weighted by atomic mass is 19.1. The molecule has 3 heteroatoms. The number of hydrogen-bond donors (Lipinski definition) is 1. The molecular formula is C11H15F2N. The maximum absolute atomic E-state index is 13.3. The Morgan fingerprint density at radius 2 is 1.79 bits per heavy atom. The molecule has 0 aliphatic carbocycles. The highest BCUT2D eigenvalue weighted by molar-refractivity contribution is 5.23. The van der Waals surface area contributed by atoms with Gasteiger partial charge in [-0.15, -0.1) is 0 Å². The number of rotatable bonds is 3. The average molecular weight is 199 g/mol. The first-order chi connectivity index (χ1) is 6.57. The molecule has 0 aliphatic heterocycles. The van der Waals surface area contributed by atoms with Crippen molar-refractivity contribution in [2.45, 2.75) is 26.3 Å². The molecule has 1 aromatic carbocycles. The van der Waals surface area contributed by atoms with Crippen LogP contribution in [0.25, 0.3) is 0 Å². The van der Waals surface area contributed by atoms with Crippen LogP contribution in [-0.2, 0) is 0 Å². The number of halogens is 2. The van der Waals surface area contributed by atoms with Crippen LogP contribution in [0.5, 0.6) is 0 Å². The van der Waals surface area contributed by atoms with Gasteiger partial charge in [0.2, 0.25) is 0 Å². The van der Waals surface area contributed by atoms with Gasteiger partial charge in [-0.2, -0.15) is 0 Å². The lowest BCUT2D eigenvalue weighted by Crippen LogP contribution is -2.21. The molecule has 78 valence electrons. The summed E-state index contributed by atoms with van der Waals surface area (Å²) in [4.78, 5) is 0. The summed E-state index contributed by atoms with van der Waals surface area (Å²) < 4.78 is 26.6. The van der Waals surface area contributed by atoms with Gasteiger partial charge in [0.1, 0.15) is 11.6 Å². The minimum atomic E-state index is -0.568. The number of benzene rings is 1. The van der Waals surface area contributed by atoms with Gasteiger partial charge in [-0.05, 0) is 18.1 Å². The molecule has 14 heavy (non-hydrogen) atoms. The molecule has 0 amide bonds. The van der Waals surface area contributed by atoms with E-state index in [2.05, 4.69) is 0 Å². The van der Waals surface area contributed by atoms with Crippen molar-refractivity contribution in [2.24, 2.45) is 11.7 Å². The van der Waals surface area contributed by atoms with Crippen LogP contribution in [0.4, 0.5) is 8.78 Å². The van der Waals surface area contributed by atoms with Crippen LogP contribution in [0.3, 0.4) is 0 Å². The van der Waals surface area contributed by atoms with Gasteiger partial charge < -0.3 is 5.73 Å². The van der Waals surface area contributed by atoms with Crippen LogP contribution >= 0.6 is 0 Å². The standard InChI is InChI=1S/C11H15F2N/c1-3-7(2)11(14)10-8(12)5-4-6-9(10)13/h4-7,11H,3,14H2,1-2H3/t7?,11-/m0/s1. The lowest BCUT2D eigenvalue weighted by Gasteiger charge is -2.19. The summed E-state index contributed by atoms with van der Waals surface area (Å²) in [7, 11) is 0. The molecule has 1 rings (SSSR count). The fourth-order valence-corrected chi connectivity index (χ4v) is 1.37. The Bertz CT molecular complexity index is 292. The van der Waals surface area contributed by atoms with Gasteiger partial charge in [0.05, 0.1) is 0 Å². The summed E-state index contributed by atoms with van der Waals surface area (Å²) in [6, 6.07) is 3.25. The molecule has 0 bridgehead atoms. The Kier molecular flexibility index (Phi) is 3.58. The van der Waals surface area contributed by atoms with Crippen molar-refractivity contribution in [3.8, 4) is 0 Å². The van der Waals surface area contributed by atoms with Crippen molar-refractivity contribution in [2.75, 3.05) is 0 Å². The first kappa shape index (κ1) is 11.1. The van der Waals surface area contributed by atoms with Gasteiger partial charge >= 0.3 is 0 Å². The SMILES string of the molecule is CCC(C)[C@H](N)c1c(F)cccc1F. The van der Waals surface area contributed by atoms with E-state index >= 15 is 0 Å². The van der Waals surface area contributed by atoms with Crippen molar-refractivity contribution >= 4 is 0 Å². The maximum Gasteiger partial charge on any atom is 0.130 e. The van der Waals surface area contributed by atoms with Gasteiger partial charge in [0, 0.05) is 11.6 Å². The first-order valence-electron chi connectivity index (χ1n) is 4.77. The lowest BCUT2D eigenvalue weighted by molar-refractivity contribution is 0.419. The summed E-state index contributed by atoms with van der Waals surface area (Å²) in [5.41, 5.74) is 5.77. The zero-order valence-corrected chi connectivity index (χ0v) is 8.43. The highest BCUT2D eigenvalue weighted by Gasteiger charge is 2.20. The van der Waals surface area contributed by atoms with Gasteiger partial charge in [0.25, 0.3) is 0 Å². The van der Waals surface area contributed by atoms with E-state index in [1.165, 1.54) is 18.2 Å². The Morgan fingerprint density at radius 3 is 2.21 bits per heavy atom. The minimum Gasteiger partial charge on any atom is -0.324 e. The maximum atomic E-state index is 13.3. The van der Waals surface area contributed by atoms with Crippen LogP contribution in [0.1, 0.15) is 31.9 Å². The molecule has 1 unspecified atom stereocenters. The minimum absolute atomic E-state index is 0.00171. The lowest BCUT2D eigenvalue weighted by atomic mass is 9.93. The number of nitrogens with two attached hydrogens (primary N) is 1. The van der Waals surface area contributed by atoms with E-state index in [1.54, 1.807) is 0 Å². The van der Waals surface area contributed by atoms with E-state index in [1.807, 2.05) is 13.8 Å². The van der Waals surface area contributed by atoms with Crippen LogP contribution in [0.2, 0.25) is 0 Å². The Hall–Kier alpha value is -0.960. The molecule has 0 fully saturated rings. The summed E-state index contributed by atoms with van der Waals surface area (Å²) in [5.74, 6) is -1.04. The van der Waals surface area contributed by atoms with E-state index in [-0.39, 0.29) is 11.5 Å². The van der Waals surface area contributed by atoms with Crippen LogP contribution in [-0.4, -0.2) is 0 Å². The largest absolute Gasteiger partial charge is 0.324 e. The van der Waals surface area contributed by atoms with Crippen molar-refractivity contribution in [3.05, 3.63) is 35.4 Å². The van der Waals surface area contributed by atoms with Gasteiger partial charge in [0.15, 0.2) is 0 Å². The zero-order chi connectivity index (χ0) is 10.7. The van der Waals surface area contributed by atoms with Gasteiger partial charge in [-0.1, -0.05) is 26.3 Å². The van der Waals surface area contributed by atoms with E-state index < -0.39 is 17.7 Å². The normalized spacial score (nSPS) is 15.2. The monoisotopic (exact) mass is 199 g/mol. The molecule has 0 spiro atoms. The van der Waals surface area contributed by atoms with E-state index in [4.69, 9.17) is 5.73 Å². The quantitative estimate of drug-likeness (QED) is 0.795. The molecule has 1 nitrogen and oxygen atoms in total. The molecule has 2 N–H and O–H groups in total. The third kappa shape index (κ3) is 2.10. The van der Waals surface area contributed by atoms with Gasteiger partial charge in [-0.3, -0.25) is 0 Å². The Morgan fingerprint density at radius 1 is 1.29 bits per heavy atom. The molecule has 1 aromatic rings. The fourth-order valence-electron chi connectivity index (χ4n) is 1.37. The second-order valence-corrected chi connectivity index (χ2v) is 3.55. The van der Waals surface area contributed by atoms with E-state index in [0.29, 0.717) is 0 Å². The van der Waals surface area contributed by atoms with Crippen molar-refractivity contribution < 1.29 is 8.78 Å². The summed E-state index contributed by atoms with van der Waals surface area (Å²) >= 11 is 0. The molecule has 0 aromatic heterocycles. The third-order valence-corrected chi connectivity index (χ3v) is 2.59. The summed E-state index contributed by atoms with van der Waals surface area (Å²) in [5, 5.41) is 0. The van der Waals surface area contributed by atoms with E-state index in [9.17, 15) is 8.78 Å². The average Bonchev–Trinajstić information content (AvgIpc) is 2.16. The topological polar surface area (TPSA) is 26.0 Å². The zero-order valence-electron chi connectivity index (χ0n) is 8.43. The molecule has 0 saturated carbocycles. The first-order valence-corrected chi connectivity index (χ1v) is 4.77. The second kappa shape index (κ2) is 4.51. The molecule has 0 aliphatic rings. The predicted molar refractivity (Wildman–Crippen MR) is 52.7 cm³/mol. The summed E-state index contributed by atoms with van der Waals surface area (Å²) in [6.45, 7) is 3.83.